The van der Waals surface area contributed by atoms with Gasteiger partial charge in [-0.1, -0.05) is 36.4 Å². The molecule has 1 amide bonds. The van der Waals surface area contributed by atoms with E-state index in [2.05, 4.69) is 11.9 Å². The van der Waals surface area contributed by atoms with Gasteiger partial charge in [-0.3, -0.25) is 4.79 Å². The highest BCUT2D eigenvalue weighted by molar-refractivity contribution is 6.34. The molecule has 3 nitrogen and oxygen atoms in total. The van der Waals surface area contributed by atoms with E-state index in [4.69, 9.17) is 16.3 Å². The molecule has 0 radical (unpaired) electrons. The van der Waals surface area contributed by atoms with E-state index < -0.39 is 0 Å². The first-order chi connectivity index (χ1) is 10.1. The quantitative estimate of drug-likeness (QED) is 0.823. The summed E-state index contributed by atoms with van der Waals surface area (Å²) in [7, 11) is 0. The molecule has 1 N–H and O–H groups in total. The molecule has 0 fully saturated rings. The van der Waals surface area contributed by atoms with Crippen molar-refractivity contribution in [2.24, 2.45) is 0 Å². The molecule has 0 aromatic heterocycles. The van der Waals surface area contributed by atoms with Crippen molar-refractivity contribution in [1.29, 1.82) is 0 Å². The van der Waals surface area contributed by atoms with Crippen LogP contribution >= 0.6 is 11.6 Å². The molecule has 0 spiro atoms. The summed E-state index contributed by atoms with van der Waals surface area (Å²) in [6, 6.07) is 14.1. The van der Waals surface area contributed by atoms with Gasteiger partial charge >= 0.3 is 0 Å². The van der Waals surface area contributed by atoms with Crippen molar-refractivity contribution in [2.75, 3.05) is 11.9 Å². The zero-order valence-corrected chi connectivity index (χ0v) is 12.5. The molecule has 0 saturated heterocycles. The van der Waals surface area contributed by atoms with E-state index in [9.17, 15) is 4.79 Å². The number of carbonyl (C=O) groups excluding carboxylic acids is 1. The maximum Gasteiger partial charge on any atom is 0.257 e. The normalized spacial score (nSPS) is 10.0. The van der Waals surface area contributed by atoms with E-state index in [1.807, 2.05) is 19.1 Å². The van der Waals surface area contributed by atoms with Crippen molar-refractivity contribution in [3.05, 3.63) is 71.3 Å². The summed E-state index contributed by atoms with van der Waals surface area (Å²) in [5.41, 5.74) is 2.02. The van der Waals surface area contributed by atoms with E-state index in [0.29, 0.717) is 28.6 Å². The van der Waals surface area contributed by atoms with Crippen LogP contribution in [0.1, 0.15) is 17.3 Å². The Balaban J connectivity index is 2.09. The van der Waals surface area contributed by atoms with Gasteiger partial charge in [0.05, 0.1) is 10.6 Å². The lowest BCUT2D eigenvalue weighted by Crippen LogP contribution is -2.12. The van der Waals surface area contributed by atoms with Gasteiger partial charge in [0.25, 0.3) is 5.91 Å². The van der Waals surface area contributed by atoms with Crippen LogP contribution in [-0.2, 0) is 0 Å². The molecular weight excluding hydrogens is 286 g/mol. The van der Waals surface area contributed by atoms with Crippen molar-refractivity contribution < 1.29 is 9.53 Å². The van der Waals surface area contributed by atoms with Crippen LogP contribution in [0, 0.1) is 0 Å². The molecule has 0 saturated carbocycles. The van der Waals surface area contributed by atoms with Crippen molar-refractivity contribution >= 4 is 23.2 Å². The van der Waals surface area contributed by atoms with Gasteiger partial charge in [0, 0.05) is 11.8 Å². The highest BCUT2D eigenvalue weighted by Gasteiger charge is 2.10. The third-order valence-electron chi connectivity index (χ3n) is 2.70. The zero-order valence-electron chi connectivity index (χ0n) is 11.7. The molecule has 2 aromatic rings. The number of ether oxygens (including phenoxy) is 1. The molecule has 2 aromatic carbocycles. The van der Waals surface area contributed by atoms with Gasteiger partial charge in [-0.05, 0) is 36.8 Å². The standard InChI is InChI=1S/C17H16ClNO2/c1-12(2)11-21-14-7-5-6-13(10-14)19-17(20)15-8-3-4-9-16(15)18/h3-10H,1,11H2,2H3,(H,19,20). The molecule has 2 rings (SSSR count). The summed E-state index contributed by atoms with van der Waals surface area (Å²) in [5, 5.41) is 3.22. The Morgan fingerprint density at radius 2 is 2.00 bits per heavy atom. The molecule has 0 atom stereocenters. The summed E-state index contributed by atoms with van der Waals surface area (Å²) in [6.07, 6.45) is 0. The van der Waals surface area contributed by atoms with Gasteiger partial charge in [0.15, 0.2) is 0 Å². The Kier molecular flexibility index (Phi) is 5.01. The van der Waals surface area contributed by atoms with E-state index in [1.54, 1.807) is 36.4 Å². The second kappa shape index (κ2) is 6.95. The molecule has 0 aliphatic carbocycles. The summed E-state index contributed by atoms with van der Waals surface area (Å²) < 4.78 is 5.54. The summed E-state index contributed by atoms with van der Waals surface area (Å²) in [6.45, 7) is 6.12. The molecule has 0 unspecified atom stereocenters. The summed E-state index contributed by atoms with van der Waals surface area (Å²) >= 11 is 6.01. The molecule has 0 bridgehead atoms. The first-order valence-electron chi connectivity index (χ1n) is 6.49. The number of anilines is 1. The number of hydrogen-bond acceptors (Lipinski definition) is 2. The molecule has 0 aliphatic rings. The topological polar surface area (TPSA) is 38.3 Å². The fraction of sp³-hybridized carbons (Fsp3) is 0.118. The highest BCUT2D eigenvalue weighted by Crippen LogP contribution is 2.20. The maximum absolute atomic E-state index is 12.2. The zero-order chi connectivity index (χ0) is 15.2. The van der Waals surface area contributed by atoms with Gasteiger partial charge < -0.3 is 10.1 Å². The summed E-state index contributed by atoms with van der Waals surface area (Å²) in [4.78, 5) is 12.2. The lowest BCUT2D eigenvalue weighted by Gasteiger charge is -2.09. The fourth-order valence-electron chi connectivity index (χ4n) is 1.71. The van der Waals surface area contributed by atoms with E-state index >= 15 is 0 Å². The van der Waals surface area contributed by atoms with Crippen molar-refractivity contribution in [1.82, 2.24) is 0 Å². The highest BCUT2D eigenvalue weighted by atomic mass is 35.5. The predicted molar refractivity (Wildman–Crippen MR) is 86.2 cm³/mol. The van der Waals surface area contributed by atoms with Crippen LogP contribution < -0.4 is 10.1 Å². The SMILES string of the molecule is C=C(C)COc1cccc(NC(=O)c2ccccc2Cl)c1. The molecule has 0 aliphatic heterocycles. The van der Waals surface area contributed by atoms with Gasteiger partial charge in [0.1, 0.15) is 12.4 Å². The lowest BCUT2D eigenvalue weighted by molar-refractivity contribution is 0.102. The first kappa shape index (κ1) is 15.1. The number of carbonyl (C=O) groups is 1. The third-order valence-corrected chi connectivity index (χ3v) is 3.03. The Morgan fingerprint density at radius 1 is 1.24 bits per heavy atom. The second-order valence-electron chi connectivity index (χ2n) is 4.71. The van der Waals surface area contributed by atoms with E-state index in [0.717, 1.165) is 5.57 Å². The Labute approximate surface area is 129 Å². The minimum Gasteiger partial charge on any atom is -0.489 e. The lowest BCUT2D eigenvalue weighted by atomic mass is 10.2. The number of rotatable bonds is 5. The van der Waals surface area contributed by atoms with Crippen molar-refractivity contribution in [3.63, 3.8) is 0 Å². The van der Waals surface area contributed by atoms with E-state index in [-0.39, 0.29) is 5.91 Å². The third kappa shape index (κ3) is 4.36. The fourth-order valence-corrected chi connectivity index (χ4v) is 1.94. The van der Waals surface area contributed by atoms with Gasteiger partial charge in [-0.25, -0.2) is 0 Å². The largest absolute Gasteiger partial charge is 0.489 e. The average Bonchev–Trinajstić information content (AvgIpc) is 2.46. The minimum atomic E-state index is -0.252. The predicted octanol–water partition coefficient (Wildman–Crippen LogP) is 4.55. The van der Waals surface area contributed by atoms with Crippen LogP contribution in [0.4, 0.5) is 5.69 Å². The summed E-state index contributed by atoms with van der Waals surface area (Å²) in [5.74, 6) is 0.424. The molecule has 21 heavy (non-hydrogen) atoms. The van der Waals surface area contributed by atoms with Gasteiger partial charge in [-0.2, -0.15) is 0 Å². The number of amides is 1. The Morgan fingerprint density at radius 3 is 2.71 bits per heavy atom. The van der Waals surface area contributed by atoms with Crippen molar-refractivity contribution in [3.8, 4) is 5.75 Å². The number of nitrogens with one attached hydrogen (secondary N) is 1. The number of halogens is 1. The average molecular weight is 302 g/mol. The van der Waals surface area contributed by atoms with Crippen LogP contribution in [0.5, 0.6) is 5.75 Å². The van der Waals surface area contributed by atoms with Crippen molar-refractivity contribution in [2.45, 2.75) is 6.92 Å². The van der Waals surface area contributed by atoms with Gasteiger partial charge in [0.2, 0.25) is 0 Å². The monoisotopic (exact) mass is 301 g/mol. The first-order valence-corrected chi connectivity index (χ1v) is 6.87. The molecule has 4 heteroatoms. The van der Waals surface area contributed by atoms with Crippen LogP contribution in [0.3, 0.4) is 0 Å². The van der Waals surface area contributed by atoms with Crippen LogP contribution in [-0.4, -0.2) is 12.5 Å². The molecule has 0 heterocycles. The van der Waals surface area contributed by atoms with Crippen LogP contribution in [0.2, 0.25) is 5.02 Å². The van der Waals surface area contributed by atoms with E-state index in [1.165, 1.54) is 0 Å². The van der Waals surface area contributed by atoms with Crippen LogP contribution in [0.15, 0.2) is 60.7 Å². The van der Waals surface area contributed by atoms with Crippen LogP contribution in [0.25, 0.3) is 0 Å². The Hall–Kier alpha value is -2.26. The number of hydrogen-bond donors (Lipinski definition) is 1. The molecule has 108 valence electrons. The molecular formula is C17H16ClNO2. The second-order valence-corrected chi connectivity index (χ2v) is 5.11. The minimum absolute atomic E-state index is 0.252. The maximum atomic E-state index is 12.2. The van der Waals surface area contributed by atoms with Gasteiger partial charge in [-0.15, -0.1) is 0 Å². The number of benzene rings is 2. The smallest absolute Gasteiger partial charge is 0.257 e. The Bertz CT molecular complexity index is 667.